The van der Waals surface area contributed by atoms with Gasteiger partial charge in [-0.15, -0.1) is 0 Å². The van der Waals surface area contributed by atoms with Crippen molar-refractivity contribution in [3.05, 3.63) is 58.1 Å². The maximum absolute atomic E-state index is 11.8. The number of rotatable bonds is 7. The highest BCUT2D eigenvalue weighted by Gasteiger charge is 2.09. The molecule has 25 heavy (non-hydrogen) atoms. The maximum Gasteiger partial charge on any atom is 0.309 e. The highest BCUT2D eigenvalue weighted by molar-refractivity contribution is 6.42. The number of carbonyl (C=O) groups excluding carboxylic acids is 2. The molecule has 0 saturated heterocycles. The average Bonchev–Trinajstić information content (AvgIpc) is 2.58. The number of hydrogen-bond acceptors (Lipinski definition) is 4. The molecule has 0 bridgehead atoms. The largest absolute Gasteiger partial charge is 0.493 e. The molecule has 0 saturated carbocycles. The van der Waals surface area contributed by atoms with Crippen LogP contribution in [0.15, 0.2) is 42.5 Å². The number of halogens is 2. The van der Waals surface area contributed by atoms with Gasteiger partial charge in [-0.25, -0.2) is 0 Å². The summed E-state index contributed by atoms with van der Waals surface area (Å²) in [6.45, 7) is 1.71. The van der Waals surface area contributed by atoms with Crippen LogP contribution in [0.25, 0.3) is 0 Å². The van der Waals surface area contributed by atoms with Crippen LogP contribution in [0.4, 0.5) is 5.69 Å². The molecule has 0 aliphatic heterocycles. The zero-order chi connectivity index (χ0) is 18.2. The summed E-state index contributed by atoms with van der Waals surface area (Å²) >= 11 is 11.7. The molecule has 0 heterocycles. The van der Waals surface area contributed by atoms with Crippen LogP contribution in [-0.4, -0.2) is 25.1 Å². The van der Waals surface area contributed by atoms with E-state index >= 15 is 0 Å². The first kappa shape index (κ1) is 19.1. The van der Waals surface area contributed by atoms with Gasteiger partial charge in [0.15, 0.2) is 6.61 Å². The molecule has 2 aromatic rings. The predicted octanol–water partition coefficient (Wildman–Crippen LogP) is 4.25. The fourth-order valence-corrected chi connectivity index (χ4v) is 2.25. The number of esters is 1. The molecule has 7 heteroatoms. The third kappa shape index (κ3) is 6.29. The number of carbonyl (C=O) groups is 2. The molecule has 0 aliphatic rings. The van der Waals surface area contributed by atoms with Gasteiger partial charge in [0.05, 0.1) is 23.1 Å². The summed E-state index contributed by atoms with van der Waals surface area (Å²) in [5, 5.41) is 3.28. The van der Waals surface area contributed by atoms with Gasteiger partial charge in [-0.1, -0.05) is 41.4 Å². The number of anilines is 1. The number of aryl methyl sites for hydroxylation is 1. The number of amides is 1. The fourth-order valence-electron chi connectivity index (χ4n) is 1.95. The van der Waals surface area contributed by atoms with Crippen LogP contribution in [0, 0.1) is 6.92 Å². The standard InChI is InChI=1S/C18H17Cl2NO4/c1-12-4-2-3-5-16(12)24-9-8-18(23)25-11-17(22)21-13-6-7-14(19)15(20)10-13/h2-7,10H,8-9,11H2,1H3,(H,21,22). The predicted molar refractivity (Wildman–Crippen MR) is 97.3 cm³/mol. The van der Waals surface area contributed by atoms with E-state index in [0.717, 1.165) is 5.56 Å². The van der Waals surface area contributed by atoms with Crippen molar-refractivity contribution in [1.82, 2.24) is 0 Å². The first-order chi connectivity index (χ1) is 12.0. The second-order valence-electron chi connectivity index (χ2n) is 5.20. The smallest absolute Gasteiger partial charge is 0.309 e. The lowest BCUT2D eigenvalue weighted by Gasteiger charge is -2.09. The molecular formula is C18H17Cl2NO4. The van der Waals surface area contributed by atoms with Crippen molar-refractivity contribution in [3.63, 3.8) is 0 Å². The number of para-hydroxylation sites is 1. The first-order valence-corrected chi connectivity index (χ1v) is 8.30. The zero-order valence-electron chi connectivity index (χ0n) is 13.6. The Balaban J connectivity index is 1.69. The molecule has 2 rings (SSSR count). The Morgan fingerprint density at radius 3 is 2.56 bits per heavy atom. The van der Waals surface area contributed by atoms with Gasteiger partial charge < -0.3 is 14.8 Å². The number of ether oxygens (including phenoxy) is 2. The van der Waals surface area contributed by atoms with E-state index in [2.05, 4.69) is 5.32 Å². The summed E-state index contributed by atoms with van der Waals surface area (Å²) in [5.74, 6) is -0.267. The van der Waals surface area contributed by atoms with Gasteiger partial charge in [-0.2, -0.15) is 0 Å². The molecule has 132 valence electrons. The van der Waals surface area contributed by atoms with Gasteiger partial charge in [0.2, 0.25) is 0 Å². The molecule has 0 atom stereocenters. The molecule has 5 nitrogen and oxygen atoms in total. The summed E-state index contributed by atoms with van der Waals surface area (Å²) in [6.07, 6.45) is 0.0500. The topological polar surface area (TPSA) is 64.6 Å². The summed E-state index contributed by atoms with van der Waals surface area (Å²) in [5.41, 5.74) is 1.45. The Kier molecular flexibility index (Phi) is 7.10. The molecule has 1 N–H and O–H groups in total. The molecule has 0 radical (unpaired) electrons. The van der Waals surface area contributed by atoms with E-state index in [1.807, 2.05) is 31.2 Å². The molecule has 1 amide bonds. The second-order valence-corrected chi connectivity index (χ2v) is 6.02. The van der Waals surface area contributed by atoms with Crippen LogP contribution < -0.4 is 10.1 Å². The molecule has 0 aliphatic carbocycles. The van der Waals surface area contributed by atoms with Crippen molar-refractivity contribution in [2.45, 2.75) is 13.3 Å². The Bertz CT molecular complexity index is 764. The minimum atomic E-state index is -0.516. The highest BCUT2D eigenvalue weighted by Crippen LogP contribution is 2.24. The van der Waals surface area contributed by atoms with Gasteiger partial charge in [0.25, 0.3) is 5.91 Å². The highest BCUT2D eigenvalue weighted by atomic mass is 35.5. The van der Waals surface area contributed by atoms with E-state index in [0.29, 0.717) is 21.5 Å². The van der Waals surface area contributed by atoms with E-state index in [1.165, 1.54) is 6.07 Å². The van der Waals surface area contributed by atoms with Crippen molar-refractivity contribution in [1.29, 1.82) is 0 Å². The van der Waals surface area contributed by atoms with Crippen LogP contribution in [0.3, 0.4) is 0 Å². The quantitative estimate of drug-likeness (QED) is 0.727. The lowest BCUT2D eigenvalue weighted by atomic mass is 10.2. The minimum Gasteiger partial charge on any atom is -0.493 e. The molecule has 2 aromatic carbocycles. The third-order valence-electron chi connectivity index (χ3n) is 3.22. The van der Waals surface area contributed by atoms with Gasteiger partial charge in [0.1, 0.15) is 5.75 Å². The van der Waals surface area contributed by atoms with Crippen LogP contribution in [0.1, 0.15) is 12.0 Å². The van der Waals surface area contributed by atoms with Gasteiger partial charge in [-0.3, -0.25) is 9.59 Å². The minimum absolute atomic E-state index is 0.0500. The Morgan fingerprint density at radius 2 is 1.84 bits per heavy atom. The number of benzene rings is 2. The van der Waals surface area contributed by atoms with Gasteiger partial charge in [-0.05, 0) is 36.8 Å². The lowest BCUT2D eigenvalue weighted by Crippen LogP contribution is -2.21. The lowest BCUT2D eigenvalue weighted by molar-refractivity contribution is -0.147. The summed E-state index contributed by atoms with van der Waals surface area (Å²) < 4.78 is 10.4. The maximum atomic E-state index is 11.8. The van der Waals surface area contributed by atoms with E-state index in [1.54, 1.807) is 12.1 Å². The Labute approximate surface area is 155 Å². The molecular weight excluding hydrogens is 365 g/mol. The van der Waals surface area contributed by atoms with E-state index in [4.69, 9.17) is 32.7 Å². The molecule has 0 fully saturated rings. The summed E-state index contributed by atoms with van der Waals surface area (Å²) in [4.78, 5) is 23.4. The summed E-state index contributed by atoms with van der Waals surface area (Å²) in [7, 11) is 0. The third-order valence-corrected chi connectivity index (χ3v) is 3.96. The second kappa shape index (κ2) is 9.30. The Hall–Kier alpha value is -2.24. The molecule has 0 unspecified atom stereocenters. The van der Waals surface area contributed by atoms with E-state index < -0.39 is 11.9 Å². The van der Waals surface area contributed by atoms with Crippen LogP contribution in [-0.2, 0) is 14.3 Å². The molecule has 0 aromatic heterocycles. The van der Waals surface area contributed by atoms with Crippen molar-refractivity contribution in [2.24, 2.45) is 0 Å². The molecule has 0 spiro atoms. The normalized spacial score (nSPS) is 10.2. The van der Waals surface area contributed by atoms with Crippen LogP contribution in [0.2, 0.25) is 10.0 Å². The van der Waals surface area contributed by atoms with Crippen LogP contribution in [0.5, 0.6) is 5.75 Å². The fraction of sp³-hybridized carbons (Fsp3) is 0.222. The number of nitrogens with one attached hydrogen (secondary N) is 1. The zero-order valence-corrected chi connectivity index (χ0v) is 15.1. The van der Waals surface area contributed by atoms with Crippen molar-refractivity contribution >= 4 is 40.8 Å². The SMILES string of the molecule is Cc1ccccc1OCCC(=O)OCC(=O)Nc1ccc(Cl)c(Cl)c1. The van der Waals surface area contributed by atoms with Crippen molar-refractivity contribution in [3.8, 4) is 5.75 Å². The van der Waals surface area contributed by atoms with Crippen molar-refractivity contribution < 1.29 is 19.1 Å². The summed E-state index contributed by atoms with van der Waals surface area (Å²) in [6, 6.07) is 12.2. The van der Waals surface area contributed by atoms with Gasteiger partial charge in [0, 0.05) is 5.69 Å². The monoisotopic (exact) mass is 381 g/mol. The van der Waals surface area contributed by atoms with Crippen molar-refractivity contribution in [2.75, 3.05) is 18.5 Å². The van der Waals surface area contributed by atoms with Crippen LogP contribution >= 0.6 is 23.2 Å². The Morgan fingerprint density at radius 1 is 1.08 bits per heavy atom. The first-order valence-electron chi connectivity index (χ1n) is 7.54. The van der Waals surface area contributed by atoms with E-state index in [-0.39, 0.29) is 19.6 Å². The van der Waals surface area contributed by atoms with E-state index in [9.17, 15) is 9.59 Å². The average molecular weight is 382 g/mol. The van der Waals surface area contributed by atoms with Gasteiger partial charge >= 0.3 is 5.97 Å². The number of hydrogen-bond donors (Lipinski definition) is 1.